The molecule has 0 aromatic heterocycles. The molecule has 4 nitrogen and oxygen atoms in total. The molecule has 1 fully saturated rings. The summed E-state index contributed by atoms with van der Waals surface area (Å²) in [7, 11) is 1.89. The molecule has 0 bridgehead atoms. The van der Waals surface area contributed by atoms with E-state index >= 15 is 0 Å². The first-order valence-electron chi connectivity index (χ1n) is 5.66. The molecular weight excluding hydrogens is 190 g/mol. The number of hydrogen-bond acceptors (Lipinski definition) is 3. The van der Waals surface area contributed by atoms with E-state index in [0.29, 0.717) is 6.54 Å². The molecule has 15 heavy (non-hydrogen) atoms. The largest absolute Gasteiger partial charge is 0.355 e. The van der Waals surface area contributed by atoms with E-state index in [2.05, 4.69) is 36.3 Å². The summed E-state index contributed by atoms with van der Waals surface area (Å²) in [5.74, 6) is 0.150. The van der Waals surface area contributed by atoms with Crippen LogP contribution in [-0.2, 0) is 4.79 Å². The van der Waals surface area contributed by atoms with Crippen molar-refractivity contribution in [3.63, 3.8) is 0 Å². The van der Waals surface area contributed by atoms with Gasteiger partial charge in [0.15, 0.2) is 0 Å². The summed E-state index contributed by atoms with van der Waals surface area (Å²) >= 11 is 0. The summed E-state index contributed by atoms with van der Waals surface area (Å²) in [4.78, 5) is 14.2. The molecule has 1 heterocycles. The zero-order chi connectivity index (χ0) is 11.5. The second-order valence-corrected chi connectivity index (χ2v) is 5.08. The van der Waals surface area contributed by atoms with Crippen LogP contribution in [0.25, 0.3) is 0 Å². The molecule has 1 atom stereocenters. The first-order valence-corrected chi connectivity index (χ1v) is 5.66. The van der Waals surface area contributed by atoms with Gasteiger partial charge < -0.3 is 10.6 Å². The topological polar surface area (TPSA) is 44.4 Å². The summed E-state index contributed by atoms with van der Waals surface area (Å²) in [6, 6.07) is -0.0440. The van der Waals surface area contributed by atoms with Crippen LogP contribution in [0.2, 0.25) is 0 Å². The highest BCUT2D eigenvalue weighted by atomic mass is 16.2. The van der Waals surface area contributed by atoms with Crippen LogP contribution in [-0.4, -0.2) is 49.1 Å². The third-order valence-corrected chi connectivity index (χ3v) is 2.81. The predicted octanol–water partition coefficient (Wildman–Crippen LogP) is 0.195. The molecule has 0 spiro atoms. The van der Waals surface area contributed by atoms with Gasteiger partial charge in [0.25, 0.3) is 0 Å². The number of rotatable bonds is 2. The molecule has 4 heteroatoms. The molecule has 0 aromatic carbocycles. The molecule has 1 aliphatic heterocycles. The minimum Gasteiger partial charge on any atom is -0.355 e. The Bertz CT molecular complexity index is 222. The molecule has 1 amide bonds. The van der Waals surface area contributed by atoms with Crippen molar-refractivity contribution in [3.8, 4) is 0 Å². The van der Waals surface area contributed by atoms with Crippen molar-refractivity contribution in [2.75, 3.05) is 26.7 Å². The average molecular weight is 213 g/mol. The summed E-state index contributed by atoms with van der Waals surface area (Å²) < 4.78 is 0. The van der Waals surface area contributed by atoms with Gasteiger partial charge >= 0.3 is 0 Å². The van der Waals surface area contributed by atoms with E-state index in [1.165, 1.54) is 0 Å². The van der Waals surface area contributed by atoms with Crippen molar-refractivity contribution in [3.05, 3.63) is 0 Å². The van der Waals surface area contributed by atoms with Crippen LogP contribution in [0.15, 0.2) is 0 Å². The van der Waals surface area contributed by atoms with E-state index in [-0.39, 0.29) is 17.5 Å². The predicted molar refractivity (Wildman–Crippen MR) is 61.8 cm³/mol. The minimum atomic E-state index is -0.0440. The second-order valence-electron chi connectivity index (χ2n) is 5.08. The monoisotopic (exact) mass is 213 g/mol. The molecule has 1 aliphatic rings. The average Bonchev–Trinajstić information content (AvgIpc) is 2.29. The maximum atomic E-state index is 11.9. The van der Waals surface area contributed by atoms with E-state index in [4.69, 9.17) is 0 Å². The summed E-state index contributed by atoms with van der Waals surface area (Å²) in [5, 5.41) is 6.06. The Morgan fingerprint density at radius 3 is 2.73 bits per heavy atom. The van der Waals surface area contributed by atoms with Crippen LogP contribution in [0.4, 0.5) is 0 Å². The van der Waals surface area contributed by atoms with Crippen molar-refractivity contribution in [2.24, 2.45) is 0 Å². The molecule has 0 aromatic rings. The van der Waals surface area contributed by atoms with Gasteiger partial charge in [-0.3, -0.25) is 9.69 Å². The van der Waals surface area contributed by atoms with Crippen molar-refractivity contribution in [1.29, 1.82) is 0 Å². The van der Waals surface area contributed by atoms with Crippen LogP contribution in [0.5, 0.6) is 0 Å². The van der Waals surface area contributed by atoms with Gasteiger partial charge in [-0.15, -0.1) is 0 Å². The first-order chi connectivity index (χ1) is 6.96. The van der Waals surface area contributed by atoms with Crippen molar-refractivity contribution < 1.29 is 4.79 Å². The highest BCUT2D eigenvalue weighted by Crippen LogP contribution is 2.18. The number of hydrogen-bond donors (Lipinski definition) is 2. The molecule has 88 valence electrons. The molecule has 1 rings (SSSR count). The SMILES string of the molecule is CNCC1C(=O)NCCCN1C(C)(C)C. The van der Waals surface area contributed by atoms with Crippen molar-refractivity contribution in [2.45, 2.75) is 38.8 Å². The molecular formula is C11H23N3O. The quantitative estimate of drug-likeness (QED) is 0.688. The number of nitrogens with zero attached hydrogens (tertiary/aromatic N) is 1. The lowest BCUT2D eigenvalue weighted by Crippen LogP contribution is -2.56. The molecule has 0 saturated carbocycles. The Hall–Kier alpha value is -0.610. The maximum Gasteiger partial charge on any atom is 0.238 e. The van der Waals surface area contributed by atoms with E-state index in [1.807, 2.05) is 7.05 Å². The smallest absolute Gasteiger partial charge is 0.238 e. The lowest BCUT2D eigenvalue weighted by Gasteiger charge is -2.39. The fourth-order valence-electron chi connectivity index (χ4n) is 2.08. The van der Waals surface area contributed by atoms with Gasteiger partial charge in [-0.2, -0.15) is 0 Å². The van der Waals surface area contributed by atoms with E-state index in [1.54, 1.807) is 0 Å². The fraction of sp³-hybridized carbons (Fsp3) is 0.909. The fourth-order valence-corrected chi connectivity index (χ4v) is 2.08. The minimum absolute atomic E-state index is 0.0440. The number of nitrogens with one attached hydrogen (secondary N) is 2. The Morgan fingerprint density at radius 1 is 1.53 bits per heavy atom. The van der Waals surface area contributed by atoms with Gasteiger partial charge in [0, 0.05) is 25.2 Å². The Morgan fingerprint density at radius 2 is 2.20 bits per heavy atom. The Kier molecular flexibility index (Phi) is 4.11. The van der Waals surface area contributed by atoms with Gasteiger partial charge in [0.2, 0.25) is 5.91 Å². The second kappa shape index (κ2) is 4.94. The van der Waals surface area contributed by atoms with Crippen LogP contribution in [0.1, 0.15) is 27.2 Å². The maximum absolute atomic E-state index is 11.9. The van der Waals surface area contributed by atoms with Gasteiger partial charge in [0.05, 0.1) is 0 Å². The third-order valence-electron chi connectivity index (χ3n) is 2.81. The number of amides is 1. The van der Waals surface area contributed by atoms with Gasteiger partial charge in [-0.25, -0.2) is 0 Å². The zero-order valence-corrected chi connectivity index (χ0v) is 10.3. The van der Waals surface area contributed by atoms with Crippen molar-refractivity contribution in [1.82, 2.24) is 15.5 Å². The highest BCUT2D eigenvalue weighted by molar-refractivity contribution is 5.82. The molecule has 0 aliphatic carbocycles. The molecule has 2 N–H and O–H groups in total. The van der Waals surface area contributed by atoms with E-state index in [9.17, 15) is 4.79 Å². The lowest BCUT2D eigenvalue weighted by atomic mass is 10.0. The Balaban J connectivity index is 2.82. The van der Waals surface area contributed by atoms with Crippen LogP contribution >= 0.6 is 0 Å². The van der Waals surface area contributed by atoms with Gasteiger partial charge in [-0.05, 0) is 34.2 Å². The molecule has 1 saturated heterocycles. The van der Waals surface area contributed by atoms with Crippen LogP contribution < -0.4 is 10.6 Å². The third kappa shape index (κ3) is 3.18. The zero-order valence-electron chi connectivity index (χ0n) is 10.3. The summed E-state index contributed by atoms with van der Waals surface area (Å²) in [6.45, 7) is 8.97. The van der Waals surface area contributed by atoms with Gasteiger partial charge in [0.1, 0.15) is 6.04 Å². The van der Waals surface area contributed by atoms with Gasteiger partial charge in [-0.1, -0.05) is 0 Å². The standard InChI is InChI=1S/C11H23N3O/c1-11(2,3)14-7-5-6-13-10(15)9(14)8-12-4/h9,12H,5-8H2,1-4H3,(H,13,15). The summed E-state index contributed by atoms with van der Waals surface area (Å²) in [5.41, 5.74) is 0.0448. The molecule has 1 unspecified atom stereocenters. The first kappa shape index (κ1) is 12.5. The van der Waals surface area contributed by atoms with E-state index < -0.39 is 0 Å². The Labute approximate surface area is 92.4 Å². The number of likely N-dealkylation sites (N-methyl/N-ethyl adjacent to an activating group) is 1. The number of carbonyl (C=O) groups is 1. The summed E-state index contributed by atoms with van der Waals surface area (Å²) in [6.07, 6.45) is 1.03. The van der Waals surface area contributed by atoms with Crippen molar-refractivity contribution >= 4 is 5.91 Å². The normalized spacial score (nSPS) is 24.8. The highest BCUT2D eigenvalue weighted by Gasteiger charge is 2.34. The number of carbonyl (C=O) groups excluding carboxylic acids is 1. The molecule has 0 radical (unpaired) electrons. The lowest BCUT2D eigenvalue weighted by molar-refractivity contribution is -0.127. The van der Waals surface area contributed by atoms with Crippen LogP contribution in [0.3, 0.4) is 0 Å². The van der Waals surface area contributed by atoms with Crippen LogP contribution in [0, 0.1) is 0 Å². The van der Waals surface area contributed by atoms with E-state index in [0.717, 1.165) is 19.5 Å².